The van der Waals surface area contributed by atoms with Crippen molar-refractivity contribution in [3.8, 4) is 0 Å². The van der Waals surface area contributed by atoms with E-state index in [-0.39, 0.29) is 76.9 Å². The van der Waals surface area contributed by atoms with Crippen LogP contribution in [0.2, 0.25) is 0 Å². The number of nitrogens with one attached hydrogen (secondary N) is 2. The van der Waals surface area contributed by atoms with E-state index in [1.54, 1.807) is 0 Å². The Morgan fingerprint density at radius 3 is 0.909 bits per heavy atom. The maximum Gasteiger partial charge on any atom is 0.0881 e. The quantitative estimate of drug-likeness (QED) is 0.167. The maximum atomic E-state index is 9.08. The number of rotatable bonds is 12. The maximum absolute atomic E-state index is 9.08. The molecule has 0 fully saturated rings. The lowest BCUT2D eigenvalue weighted by molar-refractivity contribution is 0.0378. The van der Waals surface area contributed by atoms with Crippen molar-refractivity contribution in [1.29, 1.82) is 0 Å². The molecule has 11 heteroatoms. The Morgan fingerprint density at radius 2 is 0.727 bits per heavy atom. The highest BCUT2D eigenvalue weighted by Crippen LogP contribution is 2.03. The highest BCUT2D eigenvalue weighted by molar-refractivity contribution is 5.86. The molecular weight excluding hydrogens is 362 g/mol. The molecule has 0 saturated carbocycles. The second-order valence-electron chi connectivity index (χ2n) is 4.72. The van der Waals surface area contributed by atoms with Crippen LogP contribution in [-0.4, -0.2) is 94.4 Å². The van der Waals surface area contributed by atoms with Crippen LogP contribution in [0.25, 0.3) is 0 Å². The topological polar surface area (TPSA) is 145 Å². The van der Waals surface area contributed by atoms with Crippen LogP contribution in [0.3, 0.4) is 0 Å². The van der Waals surface area contributed by atoms with Crippen LogP contribution in [0.5, 0.6) is 0 Å². The molecule has 0 aliphatic rings. The average molecular weight is 392 g/mol. The van der Waals surface area contributed by atoms with Gasteiger partial charge in [0, 0.05) is 0 Å². The van der Waals surface area contributed by atoms with E-state index < -0.39 is 11.1 Å². The van der Waals surface area contributed by atoms with Gasteiger partial charge in [-0.15, -0.1) is 37.2 Å². The Hall–Kier alpha value is 0.550. The summed E-state index contributed by atoms with van der Waals surface area (Å²) in [5.74, 6) is 0. The van der Waals surface area contributed by atoms with Gasteiger partial charge in [-0.1, -0.05) is 0 Å². The fraction of sp³-hybridized carbons (Fsp3) is 1.00. The summed E-state index contributed by atoms with van der Waals surface area (Å²) in [6, 6.07) is 0. The summed E-state index contributed by atoms with van der Waals surface area (Å²) in [6.45, 7) is -1.51. The molecule has 0 saturated heterocycles. The van der Waals surface area contributed by atoms with E-state index in [2.05, 4.69) is 10.6 Å². The normalized spacial score (nSPS) is 11.2. The number of aliphatic hydroxyl groups is 6. The SMILES string of the molecule is Cl.Cl.Cl.OCC(CO)(CO)NCCCNC(CO)(CO)CO. The molecule has 140 valence electrons. The van der Waals surface area contributed by atoms with Crippen LogP contribution >= 0.6 is 37.2 Å². The third kappa shape index (κ3) is 9.64. The lowest BCUT2D eigenvalue weighted by Gasteiger charge is -2.30. The van der Waals surface area contributed by atoms with E-state index in [9.17, 15) is 0 Å². The fourth-order valence-electron chi connectivity index (χ4n) is 1.43. The van der Waals surface area contributed by atoms with Gasteiger partial charge in [0.15, 0.2) is 0 Å². The van der Waals surface area contributed by atoms with E-state index in [1.807, 2.05) is 0 Å². The molecule has 0 heterocycles. The third-order valence-corrected chi connectivity index (χ3v) is 3.17. The van der Waals surface area contributed by atoms with Gasteiger partial charge in [0.25, 0.3) is 0 Å². The molecule has 0 amide bonds. The molecule has 0 aliphatic carbocycles. The van der Waals surface area contributed by atoms with Gasteiger partial charge in [-0.3, -0.25) is 0 Å². The molecular formula is C11H29Cl3N2O6. The van der Waals surface area contributed by atoms with Gasteiger partial charge >= 0.3 is 0 Å². The summed E-state index contributed by atoms with van der Waals surface area (Å²) in [5, 5.41) is 60.2. The molecule has 0 spiro atoms. The molecule has 0 aliphatic heterocycles. The van der Waals surface area contributed by atoms with Crippen LogP contribution in [0, 0.1) is 0 Å². The largest absolute Gasteiger partial charge is 0.394 e. The summed E-state index contributed by atoms with van der Waals surface area (Å²) in [4.78, 5) is 0. The lowest BCUT2D eigenvalue weighted by atomic mass is 10.0. The van der Waals surface area contributed by atoms with Crippen LogP contribution < -0.4 is 10.6 Å². The molecule has 0 unspecified atom stereocenters. The third-order valence-electron chi connectivity index (χ3n) is 3.17. The first-order chi connectivity index (χ1) is 9.07. The highest BCUT2D eigenvalue weighted by atomic mass is 35.5. The van der Waals surface area contributed by atoms with Crippen LogP contribution in [0.15, 0.2) is 0 Å². The van der Waals surface area contributed by atoms with E-state index >= 15 is 0 Å². The van der Waals surface area contributed by atoms with Gasteiger partial charge in [0.2, 0.25) is 0 Å². The minimum absolute atomic E-state index is 0. The zero-order valence-corrected chi connectivity index (χ0v) is 14.7. The van der Waals surface area contributed by atoms with E-state index in [0.29, 0.717) is 19.5 Å². The van der Waals surface area contributed by atoms with Crippen molar-refractivity contribution in [2.75, 3.05) is 52.7 Å². The standard InChI is InChI=1S/C11H26N2O6.3ClH/c14-4-10(5-15,6-16)12-2-1-3-13-11(7-17,8-18)9-19;;;/h12-19H,1-9H2;3*1H. The summed E-state index contributed by atoms with van der Waals surface area (Å²) in [6.07, 6.45) is 0.559. The van der Waals surface area contributed by atoms with E-state index in [4.69, 9.17) is 30.6 Å². The van der Waals surface area contributed by atoms with Crippen LogP contribution in [0.4, 0.5) is 0 Å². The molecule has 0 aromatic heterocycles. The highest BCUT2D eigenvalue weighted by Gasteiger charge is 2.28. The number of halogens is 3. The Kier molecular flexibility index (Phi) is 22.7. The zero-order chi connectivity index (χ0) is 14.8. The Balaban J connectivity index is -0.000000540. The zero-order valence-electron chi connectivity index (χ0n) is 12.3. The minimum atomic E-state index is -1.11. The van der Waals surface area contributed by atoms with Crippen molar-refractivity contribution in [3.05, 3.63) is 0 Å². The first kappa shape index (κ1) is 30.4. The average Bonchev–Trinajstić information content (AvgIpc) is 2.48. The number of hydrogen-bond donors (Lipinski definition) is 8. The smallest absolute Gasteiger partial charge is 0.0881 e. The number of hydrogen-bond acceptors (Lipinski definition) is 8. The summed E-state index contributed by atoms with van der Waals surface area (Å²) in [5.41, 5.74) is -2.22. The summed E-state index contributed by atoms with van der Waals surface area (Å²) < 4.78 is 0. The van der Waals surface area contributed by atoms with Gasteiger partial charge in [0.05, 0.1) is 50.7 Å². The molecule has 0 atom stereocenters. The Bertz CT molecular complexity index is 195. The van der Waals surface area contributed by atoms with Gasteiger partial charge in [-0.2, -0.15) is 0 Å². The second-order valence-corrected chi connectivity index (χ2v) is 4.72. The van der Waals surface area contributed by atoms with Crippen molar-refractivity contribution in [2.45, 2.75) is 17.5 Å². The molecule has 0 aromatic carbocycles. The summed E-state index contributed by atoms with van der Waals surface area (Å²) >= 11 is 0. The van der Waals surface area contributed by atoms with Gasteiger partial charge in [-0.05, 0) is 19.5 Å². The molecule has 22 heavy (non-hydrogen) atoms. The van der Waals surface area contributed by atoms with Gasteiger partial charge in [0.1, 0.15) is 0 Å². The van der Waals surface area contributed by atoms with Gasteiger partial charge < -0.3 is 41.3 Å². The Labute approximate surface area is 149 Å². The Morgan fingerprint density at radius 1 is 0.500 bits per heavy atom. The molecule has 0 radical (unpaired) electrons. The monoisotopic (exact) mass is 390 g/mol. The number of aliphatic hydroxyl groups excluding tert-OH is 6. The fourth-order valence-corrected chi connectivity index (χ4v) is 1.43. The molecule has 8 nitrogen and oxygen atoms in total. The minimum Gasteiger partial charge on any atom is -0.394 e. The predicted molar refractivity (Wildman–Crippen MR) is 90.3 cm³/mol. The van der Waals surface area contributed by atoms with Crippen molar-refractivity contribution in [1.82, 2.24) is 10.6 Å². The molecule has 0 rings (SSSR count). The lowest BCUT2D eigenvalue weighted by Crippen LogP contribution is -2.57. The molecule has 0 bridgehead atoms. The van der Waals surface area contributed by atoms with Crippen molar-refractivity contribution >= 4 is 37.2 Å². The van der Waals surface area contributed by atoms with E-state index in [1.165, 1.54) is 0 Å². The summed E-state index contributed by atoms with van der Waals surface area (Å²) in [7, 11) is 0. The van der Waals surface area contributed by atoms with E-state index in [0.717, 1.165) is 0 Å². The van der Waals surface area contributed by atoms with Crippen LogP contribution in [-0.2, 0) is 0 Å². The second kappa shape index (κ2) is 16.4. The van der Waals surface area contributed by atoms with Crippen molar-refractivity contribution in [2.24, 2.45) is 0 Å². The van der Waals surface area contributed by atoms with Crippen molar-refractivity contribution < 1.29 is 30.6 Å². The first-order valence-corrected chi connectivity index (χ1v) is 6.23. The molecule has 0 aromatic rings. The van der Waals surface area contributed by atoms with Gasteiger partial charge in [-0.25, -0.2) is 0 Å². The predicted octanol–water partition coefficient (Wildman–Crippen LogP) is -2.75. The molecule has 8 N–H and O–H groups in total. The van der Waals surface area contributed by atoms with Crippen molar-refractivity contribution in [3.63, 3.8) is 0 Å². The van der Waals surface area contributed by atoms with Crippen LogP contribution in [0.1, 0.15) is 6.42 Å². The first-order valence-electron chi connectivity index (χ1n) is 6.23.